The van der Waals surface area contributed by atoms with E-state index >= 15 is 0 Å². The summed E-state index contributed by atoms with van der Waals surface area (Å²) < 4.78 is 26.8. The van der Waals surface area contributed by atoms with Crippen molar-refractivity contribution in [3.8, 4) is 0 Å². The standard InChI is InChI=1S/C18H23N3O3S.ClH/c1-20(2)13-12-19-18(22)15-8-7-11-17(14-15)25(23,24)21(3)16-9-5-4-6-10-16;/h4-11,14H,12-13H2,1-3H3,(H,19,22);1H. The van der Waals surface area contributed by atoms with Crippen molar-refractivity contribution in [1.82, 2.24) is 10.2 Å². The van der Waals surface area contributed by atoms with Gasteiger partial charge in [-0.15, -0.1) is 12.4 Å². The van der Waals surface area contributed by atoms with Crippen molar-refractivity contribution in [3.63, 3.8) is 0 Å². The highest BCUT2D eigenvalue weighted by atomic mass is 35.5. The van der Waals surface area contributed by atoms with E-state index in [2.05, 4.69) is 5.32 Å². The Balaban J connectivity index is 0.00000338. The maximum atomic E-state index is 12.8. The van der Waals surface area contributed by atoms with Crippen LogP contribution in [0.3, 0.4) is 0 Å². The molecule has 0 heterocycles. The van der Waals surface area contributed by atoms with Gasteiger partial charge in [-0.25, -0.2) is 8.42 Å². The summed E-state index contributed by atoms with van der Waals surface area (Å²) in [6, 6.07) is 14.9. The van der Waals surface area contributed by atoms with Gasteiger partial charge in [-0.05, 0) is 44.4 Å². The van der Waals surface area contributed by atoms with Crippen molar-refractivity contribution >= 4 is 34.0 Å². The maximum Gasteiger partial charge on any atom is 0.264 e. The molecule has 0 saturated heterocycles. The third-order valence-corrected chi connectivity index (χ3v) is 5.50. The van der Waals surface area contributed by atoms with Crippen LogP contribution in [-0.2, 0) is 10.0 Å². The van der Waals surface area contributed by atoms with E-state index in [9.17, 15) is 13.2 Å². The summed E-state index contributed by atoms with van der Waals surface area (Å²) in [7, 11) is 1.59. The van der Waals surface area contributed by atoms with E-state index in [1.165, 1.54) is 23.5 Å². The van der Waals surface area contributed by atoms with E-state index in [-0.39, 0.29) is 23.2 Å². The molecular formula is C18H24ClN3O3S. The number of halogens is 1. The van der Waals surface area contributed by atoms with Crippen LogP contribution >= 0.6 is 12.4 Å². The van der Waals surface area contributed by atoms with Gasteiger partial charge in [0.1, 0.15) is 0 Å². The van der Waals surface area contributed by atoms with Crippen LogP contribution in [0.5, 0.6) is 0 Å². The minimum Gasteiger partial charge on any atom is -0.351 e. The average Bonchev–Trinajstić information content (AvgIpc) is 2.61. The number of anilines is 1. The third-order valence-electron chi connectivity index (χ3n) is 3.72. The van der Waals surface area contributed by atoms with Crippen molar-refractivity contribution in [1.29, 1.82) is 0 Å². The lowest BCUT2D eigenvalue weighted by atomic mass is 10.2. The quantitative estimate of drug-likeness (QED) is 0.777. The van der Waals surface area contributed by atoms with Crippen molar-refractivity contribution < 1.29 is 13.2 Å². The first-order chi connectivity index (χ1) is 11.8. The third kappa shape index (κ3) is 5.45. The molecule has 2 aromatic carbocycles. The fourth-order valence-corrected chi connectivity index (χ4v) is 3.47. The molecule has 142 valence electrons. The van der Waals surface area contributed by atoms with E-state index in [4.69, 9.17) is 0 Å². The Kier molecular flexibility index (Phi) is 8.08. The highest BCUT2D eigenvalue weighted by Crippen LogP contribution is 2.22. The van der Waals surface area contributed by atoms with Gasteiger partial charge in [0.15, 0.2) is 0 Å². The number of hydrogen-bond acceptors (Lipinski definition) is 4. The maximum absolute atomic E-state index is 12.8. The molecule has 0 aromatic heterocycles. The lowest BCUT2D eigenvalue weighted by Crippen LogP contribution is -2.31. The second-order valence-corrected chi connectivity index (χ2v) is 7.86. The topological polar surface area (TPSA) is 69.7 Å². The zero-order chi connectivity index (χ0) is 18.4. The Hall–Kier alpha value is -2.09. The van der Waals surface area contributed by atoms with Gasteiger partial charge in [-0.3, -0.25) is 9.10 Å². The van der Waals surface area contributed by atoms with Crippen molar-refractivity contribution in [3.05, 3.63) is 60.2 Å². The first-order valence-electron chi connectivity index (χ1n) is 7.89. The summed E-state index contributed by atoms with van der Waals surface area (Å²) in [4.78, 5) is 14.2. The molecule has 2 rings (SSSR count). The molecule has 2 aromatic rings. The summed E-state index contributed by atoms with van der Waals surface area (Å²) >= 11 is 0. The summed E-state index contributed by atoms with van der Waals surface area (Å²) in [5.41, 5.74) is 0.879. The van der Waals surface area contributed by atoms with Gasteiger partial charge < -0.3 is 10.2 Å². The molecule has 0 atom stereocenters. The molecule has 0 aliphatic rings. The monoisotopic (exact) mass is 397 g/mol. The molecule has 1 amide bonds. The average molecular weight is 398 g/mol. The molecule has 0 bridgehead atoms. The van der Waals surface area contributed by atoms with Gasteiger partial charge >= 0.3 is 0 Å². The first-order valence-corrected chi connectivity index (χ1v) is 9.33. The number of carbonyl (C=O) groups excluding carboxylic acids is 1. The molecule has 0 spiro atoms. The first kappa shape index (κ1) is 22.0. The van der Waals surface area contributed by atoms with E-state index in [1.54, 1.807) is 36.4 Å². The fourth-order valence-electron chi connectivity index (χ4n) is 2.23. The lowest BCUT2D eigenvalue weighted by Gasteiger charge is -2.19. The van der Waals surface area contributed by atoms with Crippen LogP contribution in [0.4, 0.5) is 5.69 Å². The summed E-state index contributed by atoms with van der Waals surface area (Å²) in [5, 5.41) is 2.78. The predicted molar refractivity (Wildman–Crippen MR) is 107 cm³/mol. The molecule has 0 aliphatic heterocycles. The number of para-hydroxylation sites is 1. The number of likely N-dealkylation sites (N-methyl/N-ethyl adjacent to an activating group) is 1. The molecule has 0 fully saturated rings. The molecule has 0 unspecified atom stereocenters. The van der Waals surface area contributed by atoms with Gasteiger partial charge in [0.25, 0.3) is 15.9 Å². The Bertz CT molecular complexity index is 827. The Morgan fingerprint density at radius 3 is 2.27 bits per heavy atom. The van der Waals surface area contributed by atoms with Crippen LogP contribution in [-0.4, -0.2) is 53.5 Å². The normalized spacial score (nSPS) is 10.9. The van der Waals surface area contributed by atoms with Gasteiger partial charge in [-0.1, -0.05) is 24.3 Å². The number of hydrogen-bond donors (Lipinski definition) is 1. The van der Waals surface area contributed by atoms with Crippen LogP contribution in [0.1, 0.15) is 10.4 Å². The van der Waals surface area contributed by atoms with E-state index in [0.717, 1.165) is 0 Å². The van der Waals surface area contributed by atoms with Crippen LogP contribution in [0.15, 0.2) is 59.5 Å². The minimum absolute atomic E-state index is 0. The number of carbonyl (C=O) groups is 1. The Morgan fingerprint density at radius 1 is 1.00 bits per heavy atom. The SMILES string of the molecule is CN(C)CCNC(=O)c1cccc(S(=O)(=O)N(C)c2ccccc2)c1.Cl. The van der Waals surface area contributed by atoms with Crippen molar-refractivity contribution in [2.45, 2.75) is 4.90 Å². The molecule has 26 heavy (non-hydrogen) atoms. The fraction of sp³-hybridized carbons (Fsp3) is 0.278. The molecule has 8 heteroatoms. The number of amides is 1. The second kappa shape index (κ2) is 9.56. The number of sulfonamides is 1. The summed E-state index contributed by atoms with van der Waals surface area (Å²) in [5.74, 6) is -0.290. The van der Waals surface area contributed by atoms with Crippen molar-refractivity contribution in [2.75, 3.05) is 38.5 Å². The highest BCUT2D eigenvalue weighted by molar-refractivity contribution is 7.92. The van der Waals surface area contributed by atoms with E-state index in [0.29, 0.717) is 24.3 Å². The molecular weight excluding hydrogens is 374 g/mol. The van der Waals surface area contributed by atoms with Gasteiger partial charge in [0.2, 0.25) is 0 Å². The molecule has 6 nitrogen and oxygen atoms in total. The van der Waals surface area contributed by atoms with Crippen LogP contribution in [0.25, 0.3) is 0 Å². The molecule has 1 N–H and O–H groups in total. The molecule has 0 saturated carbocycles. The molecule has 0 aliphatic carbocycles. The highest BCUT2D eigenvalue weighted by Gasteiger charge is 2.22. The van der Waals surface area contributed by atoms with Crippen LogP contribution in [0, 0.1) is 0 Å². The Morgan fingerprint density at radius 2 is 1.65 bits per heavy atom. The zero-order valence-electron chi connectivity index (χ0n) is 15.0. The van der Waals surface area contributed by atoms with E-state index < -0.39 is 10.0 Å². The zero-order valence-corrected chi connectivity index (χ0v) is 16.7. The van der Waals surface area contributed by atoms with Gasteiger partial charge in [0.05, 0.1) is 10.6 Å². The summed E-state index contributed by atoms with van der Waals surface area (Å²) in [6.45, 7) is 1.20. The number of benzene rings is 2. The predicted octanol–water partition coefficient (Wildman–Crippen LogP) is 2.22. The lowest BCUT2D eigenvalue weighted by molar-refractivity contribution is 0.0951. The summed E-state index contributed by atoms with van der Waals surface area (Å²) in [6.07, 6.45) is 0. The number of rotatable bonds is 7. The smallest absolute Gasteiger partial charge is 0.264 e. The number of nitrogens with zero attached hydrogens (tertiary/aromatic N) is 2. The largest absolute Gasteiger partial charge is 0.351 e. The molecule has 0 radical (unpaired) electrons. The van der Waals surface area contributed by atoms with Crippen LogP contribution in [0.2, 0.25) is 0 Å². The van der Waals surface area contributed by atoms with Crippen LogP contribution < -0.4 is 9.62 Å². The van der Waals surface area contributed by atoms with Gasteiger partial charge in [-0.2, -0.15) is 0 Å². The number of nitrogens with one attached hydrogen (secondary N) is 1. The second-order valence-electron chi connectivity index (χ2n) is 5.90. The van der Waals surface area contributed by atoms with Crippen molar-refractivity contribution in [2.24, 2.45) is 0 Å². The minimum atomic E-state index is -3.74. The Labute approximate surface area is 161 Å². The van der Waals surface area contributed by atoms with Gasteiger partial charge in [0, 0.05) is 25.7 Å². The van der Waals surface area contributed by atoms with E-state index in [1.807, 2.05) is 25.1 Å².